The van der Waals surface area contributed by atoms with Crippen molar-refractivity contribution >= 4 is 5.91 Å². The fourth-order valence-corrected chi connectivity index (χ4v) is 3.46. The minimum absolute atomic E-state index is 0.00763. The smallest absolute Gasteiger partial charge is 0.223 e. The van der Waals surface area contributed by atoms with Crippen molar-refractivity contribution in [2.24, 2.45) is 13.0 Å². The molecule has 1 aromatic heterocycles. The minimum Gasteiger partial charge on any atom is -0.352 e. The second kappa shape index (κ2) is 7.95. The third-order valence-electron chi connectivity index (χ3n) is 5.27. The molecule has 0 unspecified atom stereocenters. The van der Waals surface area contributed by atoms with E-state index in [-0.39, 0.29) is 23.7 Å². The number of likely N-dealkylation sites (tertiary alicyclic amines) is 1. The second-order valence-corrected chi connectivity index (χ2v) is 7.09. The van der Waals surface area contributed by atoms with Crippen LogP contribution >= 0.6 is 0 Å². The number of piperidine rings is 1. The van der Waals surface area contributed by atoms with E-state index in [1.807, 2.05) is 17.7 Å². The van der Waals surface area contributed by atoms with Crippen molar-refractivity contribution in [1.82, 2.24) is 25.0 Å². The van der Waals surface area contributed by atoms with Crippen LogP contribution in [0.4, 0.5) is 4.39 Å². The average molecular weight is 359 g/mol. The summed E-state index contributed by atoms with van der Waals surface area (Å²) in [5.41, 5.74) is 1.40. The number of nitrogens with zero attached hydrogens (tertiary/aromatic N) is 4. The van der Waals surface area contributed by atoms with Gasteiger partial charge < -0.3 is 9.88 Å². The maximum absolute atomic E-state index is 13.6. The Morgan fingerprint density at radius 3 is 2.73 bits per heavy atom. The summed E-state index contributed by atoms with van der Waals surface area (Å²) < 4.78 is 15.5. The molecule has 26 heavy (non-hydrogen) atoms. The van der Waals surface area contributed by atoms with Crippen molar-refractivity contribution in [3.63, 3.8) is 0 Å². The van der Waals surface area contributed by atoms with E-state index in [9.17, 15) is 9.18 Å². The van der Waals surface area contributed by atoms with Crippen LogP contribution in [0, 0.1) is 18.7 Å². The van der Waals surface area contributed by atoms with Crippen molar-refractivity contribution in [2.45, 2.75) is 39.3 Å². The summed E-state index contributed by atoms with van der Waals surface area (Å²) in [6, 6.07) is 5.26. The molecule has 7 heteroatoms. The number of halogens is 1. The number of benzene rings is 1. The highest BCUT2D eigenvalue weighted by Crippen LogP contribution is 2.25. The molecular weight excluding hydrogens is 333 g/mol. The minimum atomic E-state index is -0.234. The first kappa shape index (κ1) is 18.5. The van der Waals surface area contributed by atoms with Gasteiger partial charge in [-0.25, -0.2) is 4.39 Å². The SMILES string of the molecule is Cc1ccc(CNC(=O)C2CCN([C@@H](C)c3nncn3C)CC2)cc1F. The van der Waals surface area contributed by atoms with Crippen LogP contribution in [0.15, 0.2) is 24.5 Å². The van der Waals surface area contributed by atoms with Gasteiger partial charge in [0, 0.05) is 19.5 Å². The van der Waals surface area contributed by atoms with E-state index in [4.69, 9.17) is 0 Å². The van der Waals surface area contributed by atoms with Gasteiger partial charge in [0.25, 0.3) is 0 Å². The van der Waals surface area contributed by atoms with Crippen LogP contribution in [-0.2, 0) is 18.4 Å². The lowest BCUT2D eigenvalue weighted by Crippen LogP contribution is -2.41. The number of hydrogen-bond donors (Lipinski definition) is 1. The van der Waals surface area contributed by atoms with E-state index < -0.39 is 0 Å². The zero-order chi connectivity index (χ0) is 18.7. The summed E-state index contributed by atoms with van der Waals surface area (Å²) in [5.74, 6) is 0.766. The van der Waals surface area contributed by atoms with E-state index in [1.54, 1.807) is 19.3 Å². The number of carbonyl (C=O) groups is 1. The third kappa shape index (κ3) is 4.09. The second-order valence-electron chi connectivity index (χ2n) is 7.09. The lowest BCUT2D eigenvalue weighted by atomic mass is 9.94. The van der Waals surface area contributed by atoms with E-state index in [2.05, 4.69) is 27.3 Å². The Kier molecular flexibility index (Phi) is 5.66. The van der Waals surface area contributed by atoms with Crippen molar-refractivity contribution < 1.29 is 9.18 Å². The predicted octanol–water partition coefficient (Wildman–Crippen LogP) is 2.35. The Bertz CT molecular complexity index is 767. The van der Waals surface area contributed by atoms with E-state index in [0.29, 0.717) is 12.1 Å². The standard InChI is InChI=1S/C19H26FN5O/c1-13-4-5-15(10-17(13)20)11-21-19(26)16-6-8-25(9-7-16)14(2)18-23-22-12-24(18)3/h4-5,10,12,14,16H,6-9,11H2,1-3H3,(H,21,26)/t14-/m0/s1. The average Bonchev–Trinajstić information content (AvgIpc) is 3.08. The monoisotopic (exact) mass is 359 g/mol. The molecule has 3 rings (SSSR count). The summed E-state index contributed by atoms with van der Waals surface area (Å²) >= 11 is 0. The van der Waals surface area contributed by atoms with Crippen molar-refractivity contribution in [2.75, 3.05) is 13.1 Å². The van der Waals surface area contributed by atoms with Crippen LogP contribution in [0.5, 0.6) is 0 Å². The lowest BCUT2D eigenvalue weighted by Gasteiger charge is -2.34. The number of hydrogen-bond acceptors (Lipinski definition) is 4. The van der Waals surface area contributed by atoms with Gasteiger partial charge in [-0.15, -0.1) is 10.2 Å². The molecule has 2 aromatic rings. The lowest BCUT2D eigenvalue weighted by molar-refractivity contribution is -0.126. The molecule has 1 aliphatic heterocycles. The number of nitrogens with one attached hydrogen (secondary N) is 1. The Morgan fingerprint density at radius 1 is 1.38 bits per heavy atom. The molecule has 0 saturated carbocycles. The van der Waals surface area contributed by atoms with Crippen molar-refractivity contribution in [3.8, 4) is 0 Å². The molecule has 6 nitrogen and oxygen atoms in total. The van der Waals surface area contributed by atoms with Crippen LogP contribution < -0.4 is 5.32 Å². The van der Waals surface area contributed by atoms with Gasteiger partial charge in [0.15, 0.2) is 0 Å². The van der Waals surface area contributed by atoms with Gasteiger partial charge in [0.2, 0.25) is 5.91 Å². The molecule has 1 aromatic carbocycles. The largest absolute Gasteiger partial charge is 0.352 e. The van der Waals surface area contributed by atoms with Crippen LogP contribution in [0.3, 0.4) is 0 Å². The van der Waals surface area contributed by atoms with Crippen LogP contribution in [0.1, 0.15) is 42.8 Å². The van der Waals surface area contributed by atoms with Crippen LogP contribution in [0.25, 0.3) is 0 Å². The highest BCUT2D eigenvalue weighted by atomic mass is 19.1. The maximum atomic E-state index is 13.6. The van der Waals surface area contributed by atoms with Crippen molar-refractivity contribution in [3.05, 3.63) is 47.3 Å². The molecule has 1 saturated heterocycles. The summed E-state index contributed by atoms with van der Waals surface area (Å²) in [4.78, 5) is 14.8. The number of carbonyl (C=O) groups excluding carboxylic acids is 1. The van der Waals surface area contributed by atoms with Crippen molar-refractivity contribution in [1.29, 1.82) is 0 Å². The number of rotatable bonds is 5. The Hall–Kier alpha value is -2.28. The molecule has 0 bridgehead atoms. The van der Waals surface area contributed by atoms with Crippen LogP contribution in [0.2, 0.25) is 0 Å². The van der Waals surface area contributed by atoms with Gasteiger partial charge in [-0.3, -0.25) is 9.69 Å². The first-order chi connectivity index (χ1) is 12.5. The number of aromatic nitrogens is 3. The molecule has 1 atom stereocenters. The topological polar surface area (TPSA) is 63.1 Å². The molecule has 1 N–H and O–H groups in total. The molecule has 1 fully saturated rings. The number of aryl methyl sites for hydroxylation is 2. The fraction of sp³-hybridized carbons (Fsp3) is 0.526. The molecule has 1 aliphatic rings. The zero-order valence-electron chi connectivity index (χ0n) is 15.6. The van der Waals surface area contributed by atoms with Gasteiger partial charge in [0.05, 0.1) is 6.04 Å². The predicted molar refractivity (Wildman–Crippen MR) is 96.7 cm³/mol. The van der Waals surface area contributed by atoms with Gasteiger partial charge in [0.1, 0.15) is 18.0 Å². The highest BCUT2D eigenvalue weighted by Gasteiger charge is 2.29. The summed E-state index contributed by atoms with van der Waals surface area (Å²) in [6.07, 6.45) is 3.34. The Morgan fingerprint density at radius 2 is 2.12 bits per heavy atom. The fourth-order valence-electron chi connectivity index (χ4n) is 3.46. The maximum Gasteiger partial charge on any atom is 0.223 e. The summed E-state index contributed by atoms with van der Waals surface area (Å²) in [5, 5.41) is 11.1. The zero-order valence-corrected chi connectivity index (χ0v) is 15.6. The molecule has 2 heterocycles. The molecule has 1 amide bonds. The third-order valence-corrected chi connectivity index (χ3v) is 5.27. The molecule has 0 spiro atoms. The summed E-state index contributed by atoms with van der Waals surface area (Å²) in [7, 11) is 1.94. The van der Waals surface area contributed by atoms with Gasteiger partial charge in [-0.1, -0.05) is 12.1 Å². The molecule has 0 radical (unpaired) electrons. The van der Waals surface area contributed by atoms with E-state index in [1.165, 1.54) is 6.07 Å². The Labute approximate surface area is 153 Å². The quantitative estimate of drug-likeness (QED) is 0.890. The van der Waals surface area contributed by atoms with Crippen LogP contribution in [-0.4, -0.2) is 38.7 Å². The molecular formula is C19H26FN5O. The molecule has 0 aliphatic carbocycles. The highest BCUT2D eigenvalue weighted by molar-refractivity contribution is 5.78. The Balaban J connectivity index is 1.49. The summed E-state index contributed by atoms with van der Waals surface area (Å²) in [6.45, 7) is 5.92. The van der Waals surface area contributed by atoms with E-state index >= 15 is 0 Å². The number of amides is 1. The normalized spacial score (nSPS) is 17.2. The molecule has 140 valence electrons. The van der Waals surface area contributed by atoms with E-state index in [0.717, 1.165) is 37.3 Å². The first-order valence-electron chi connectivity index (χ1n) is 9.06. The first-order valence-corrected chi connectivity index (χ1v) is 9.06. The van der Waals surface area contributed by atoms with Gasteiger partial charge in [-0.2, -0.15) is 0 Å². The van der Waals surface area contributed by atoms with Gasteiger partial charge in [-0.05, 0) is 57.0 Å². The van der Waals surface area contributed by atoms with Gasteiger partial charge >= 0.3 is 0 Å².